The minimum absolute atomic E-state index is 0.0128. The number of nitrogens with one attached hydrogen (secondary N) is 2. The van der Waals surface area contributed by atoms with E-state index in [4.69, 9.17) is 4.74 Å². The van der Waals surface area contributed by atoms with Crippen molar-refractivity contribution < 1.29 is 14.3 Å². The maximum atomic E-state index is 12.8. The molecule has 0 aromatic heterocycles. The van der Waals surface area contributed by atoms with Gasteiger partial charge in [-0.15, -0.1) is 0 Å². The Morgan fingerprint density at radius 3 is 2.03 bits per heavy atom. The maximum absolute atomic E-state index is 12.8. The third kappa shape index (κ3) is 6.90. The molecule has 0 radical (unpaired) electrons. The maximum Gasteiger partial charge on any atom is 0.265 e. The molecule has 2 N–H and O–H groups in total. The van der Waals surface area contributed by atoms with Crippen molar-refractivity contribution in [3.63, 3.8) is 0 Å². The molecule has 0 saturated heterocycles. The molecule has 2 atom stereocenters. The quantitative estimate of drug-likeness (QED) is 0.506. The second-order valence-electron chi connectivity index (χ2n) is 8.07. The molecule has 0 aliphatic heterocycles. The SMILES string of the molecule is CCC(Oc1ccccc1C(C)CC)C(=O)Nc1ccc(NC(=O)CC(C)C)cc1. The average molecular weight is 411 g/mol. The van der Waals surface area contributed by atoms with Crippen molar-refractivity contribution in [2.24, 2.45) is 5.92 Å². The van der Waals surface area contributed by atoms with Crippen molar-refractivity contribution in [1.82, 2.24) is 0 Å². The lowest BCUT2D eigenvalue weighted by Gasteiger charge is -2.21. The molecule has 0 spiro atoms. The van der Waals surface area contributed by atoms with Gasteiger partial charge in [0.25, 0.3) is 5.91 Å². The highest BCUT2D eigenvalue weighted by Crippen LogP contribution is 2.29. The van der Waals surface area contributed by atoms with Gasteiger partial charge in [0.1, 0.15) is 5.75 Å². The van der Waals surface area contributed by atoms with Gasteiger partial charge in [0.15, 0.2) is 6.10 Å². The first-order valence-corrected chi connectivity index (χ1v) is 10.8. The summed E-state index contributed by atoms with van der Waals surface area (Å²) in [7, 11) is 0. The van der Waals surface area contributed by atoms with E-state index in [9.17, 15) is 9.59 Å². The van der Waals surface area contributed by atoms with Crippen molar-refractivity contribution in [3.8, 4) is 5.75 Å². The molecule has 0 aliphatic rings. The lowest BCUT2D eigenvalue weighted by Crippen LogP contribution is -2.32. The van der Waals surface area contributed by atoms with Crippen LogP contribution in [0.3, 0.4) is 0 Å². The monoisotopic (exact) mass is 410 g/mol. The molecule has 0 fully saturated rings. The molecule has 2 rings (SSSR count). The summed E-state index contributed by atoms with van der Waals surface area (Å²) in [6.07, 6.45) is 1.46. The van der Waals surface area contributed by atoms with E-state index >= 15 is 0 Å². The average Bonchev–Trinajstić information content (AvgIpc) is 2.72. The van der Waals surface area contributed by atoms with E-state index in [0.29, 0.717) is 36.1 Å². The minimum atomic E-state index is -0.583. The second kappa shape index (κ2) is 11.4. The van der Waals surface area contributed by atoms with Crippen LogP contribution in [-0.2, 0) is 9.59 Å². The fraction of sp³-hybridized carbons (Fsp3) is 0.440. The lowest BCUT2D eigenvalue weighted by molar-refractivity contribution is -0.123. The van der Waals surface area contributed by atoms with Crippen molar-refractivity contribution >= 4 is 23.2 Å². The number of ether oxygens (including phenoxy) is 1. The van der Waals surface area contributed by atoms with Gasteiger partial charge >= 0.3 is 0 Å². The van der Waals surface area contributed by atoms with Gasteiger partial charge in [-0.2, -0.15) is 0 Å². The third-order valence-corrected chi connectivity index (χ3v) is 5.02. The zero-order valence-electron chi connectivity index (χ0n) is 18.7. The Morgan fingerprint density at radius 2 is 1.47 bits per heavy atom. The van der Waals surface area contributed by atoms with Gasteiger partial charge in [-0.1, -0.05) is 52.8 Å². The van der Waals surface area contributed by atoms with E-state index in [-0.39, 0.29) is 11.8 Å². The van der Waals surface area contributed by atoms with Crippen LogP contribution in [0.15, 0.2) is 48.5 Å². The molecular weight excluding hydrogens is 376 g/mol. The van der Waals surface area contributed by atoms with E-state index in [2.05, 4.69) is 30.5 Å². The Balaban J connectivity index is 2.01. The first kappa shape index (κ1) is 23.5. The third-order valence-electron chi connectivity index (χ3n) is 5.02. The summed E-state index contributed by atoms with van der Waals surface area (Å²) in [6.45, 7) is 10.2. The second-order valence-corrected chi connectivity index (χ2v) is 8.07. The fourth-order valence-electron chi connectivity index (χ4n) is 3.13. The number of para-hydroxylation sites is 1. The van der Waals surface area contributed by atoms with Gasteiger partial charge in [0.2, 0.25) is 5.91 Å². The predicted octanol–water partition coefficient (Wildman–Crippen LogP) is 5.98. The van der Waals surface area contributed by atoms with Gasteiger partial charge in [0, 0.05) is 17.8 Å². The Kier molecular flexibility index (Phi) is 8.90. The summed E-state index contributed by atoms with van der Waals surface area (Å²) in [5.41, 5.74) is 2.50. The highest BCUT2D eigenvalue weighted by Gasteiger charge is 2.21. The lowest BCUT2D eigenvalue weighted by atomic mass is 9.98. The number of benzene rings is 2. The number of hydrogen-bond donors (Lipinski definition) is 2. The smallest absolute Gasteiger partial charge is 0.265 e. The van der Waals surface area contributed by atoms with E-state index in [0.717, 1.165) is 17.7 Å². The van der Waals surface area contributed by atoms with E-state index in [1.165, 1.54) is 0 Å². The first-order valence-electron chi connectivity index (χ1n) is 10.8. The van der Waals surface area contributed by atoms with Crippen LogP contribution in [0.1, 0.15) is 65.4 Å². The molecule has 2 unspecified atom stereocenters. The molecular formula is C25H34N2O3. The van der Waals surface area contributed by atoms with Crippen LogP contribution in [0.25, 0.3) is 0 Å². The van der Waals surface area contributed by atoms with Crippen LogP contribution in [0.4, 0.5) is 11.4 Å². The van der Waals surface area contributed by atoms with Gasteiger partial charge in [-0.3, -0.25) is 9.59 Å². The van der Waals surface area contributed by atoms with Crippen molar-refractivity contribution in [3.05, 3.63) is 54.1 Å². The molecule has 2 aromatic rings. The van der Waals surface area contributed by atoms with Crippen LogP contribution >= 0.6 is 0 Å². The van der Waals surface area contributed by atoms with E-state index < -0.39 is 6.10 Å². The van der Waals surface area contributed by atoms with Crippen LogP contribution in [0.2, 0.25) is 0 Å². The number of anilines is 2. The molecule has 5 nitrogen and oxygen atoms in total. The van der Waals surface area contributed by atoms with E-state index in [1.54, 1.807) is 24.3 Å². The molecule has 2 aromatic carbocycles. The summed E-state index contributed by atoms with van der Waals surface area (Å²) < 4.78 is 6.10. The molecule has 0 heterocycles. The zero-order chi connectivity index (χ0) is 22.1. The predicted molar refractivity (Wildman–Crippen MR) is 123 cm³/mol. The summed E-state index contributed by atoms with van der Waals surface area (Å²) in [6, 6.07) is 15.0. The molecule has 2 amide bonds. The summed E-state index contributed by atoms with van der Waals surface area (Å²) >= 11 is 0. The van der Waals surface area contributed by atoms with Crippen LogP contribution in [-0.4, -0.2) is 17.9 Å². The van der Waals surface area contributed by atoms with Crippen molar-refractivity contribution in [2.75, 3.05) is 10.6 Å². The number of amides is 2. The molecule has 0 saturated carbocycles. The van der Waals surface area contributed by atoms with Crippen molar-refractivity contribution in [1.29, 1.82) is 0 Å². The number of rotatable bonds is 10. The largest absolute Gasteiger partial charge is 0.480 e. The molecule has 0 bridgehead atoms. The fourth-order valence-corrected chi connectivity index (χ4v) is 3.13. The molecule has 162 valence electrons. The molecule has 0 aliphatic carbocycles. The topological polar surface area (TPSA) is 67.4 Å². The van der Waals surface area contributed by atoms with E-state index in [1.807, 2.05) is 39.0 Å². The van der Waals surface area contributed by atoms with Crippen LogP contribution < -0.4 is 15.4 Å². The van der Waals surface area contributed by atoms with Crippen LogP contribution in [0, 0.1) is 5.92 Å². The number of carbonyl (C=O) groups excluding carboxylic acids is 2. The molecule has 30 heavy (non-hydrogen) atoms. The van der Waals surface area contributed by atoms with Crippen LogP contribution in [0.5, 0.6) is 5.75 Å². The van der Waals surface area contributed by atoms with Crippen molar-refractivity contribution in [2.45, 2.75) is 65.9 Å². The summed E-state index contributed by atoms with van der Waals surface area (Å²) in [5, 5.41) is 5.78. The Morgan fingerprint density at radius 1 is 0.867 bits per heavy atom. The number of hydrogen-bond acceptors (Lipinski definition) is 3. The Labute approximate surface area is 180 Å². The summed E-state index contributed by atoms with van der Waals surface area (Å²) in [5.74, 6) is 1.23. The zero-order valence-corrected chi connectivity index (χ0v) is 18.7. The van der Waals surface area contributed by atoms with Gasteiger partial charge in [0.05, 0.1) is 0 Å². The Bertz CT molecular complexity index is 831. The van der Waals surface area contributed by atoms with Gasteiger partial charge in [-0.05, 0) is 60.6 Å². The normalized spacial score (nSPS) is 12.9. The highest BCUT2D eigenvalue weighted by atomic mass is 16.5. The number of carbonyl (C=O) groups is 2. The standard InChI is InChI=1S/C25H34N2O3/c1-6-18(5)21-10-8-9-11-23(21)30-22(7-2)25(29)27-20-14-12-19(13-15-20)26-24(28)16-17(3)4/h8-15,17-18,22H,6-7,16H2,1-5H3,(H,26,28)(H,27,29). The minimum Gasteiger partial charge on any atom is -0.480 e. The van der Waals surface area contributed by atoms with Gasteiger partial charge < -0.3 is 15.4 Å². The van der Waals surface area contributed by atoms with Gasteiger partial charge in [-0.25, -0.2) is 0 Å². The summed E-state index contributed by atoms with van der Waals surface area (Å²) in [4.78, 5) is 24.7. The first-order chi connectivity index (χ1) is 14.3. The Hall–Kier alpha value is -2.82. The molecule has 5 heteroatoms. The highest BCUT2D eigenvalue weighted by molar-refractivity contribution is 5.95.